The Hall–Kier alpha value is -1.34. The van der Waals surface area contributed by atoms with Crippen molar-refractivity contribution in [3.63, 3.8) is 0 Å². The molecule has 2 amide bonds. The molecule has 2 aliphatic heterocycles. The van der Waals surface area contributed by atoms with Crippen molar-refractivity contribution in [2.75, 3.05) is 32.7 Å². The fourth-order valence-electron chi connectivity index (χ4n) is 3.59. The molecular weight excluding hydrogens is 358 g/mol. The summed E-state index contributed by atoms with van der Waals surface area (Å²) in [5.41, 5.74) is 0. The fourth-order valence-corrected chi connectivity index (χ4v) is 3.59. The molecule has 0 unspecified atom stereocenters. The molecule has 2 heterocycles. The second kappa shape index (κ2) is 10.7. The molecule has 2 N–H and O–H groups in total. The Bertz CT molecular complexity index is 493. The number of nitrogens with one attached hydrogen (secondary N) is 1. The third kappa shape index (κ3) is 6.43. The van der Waals surface area contributed by atoms with Crippen LogP contribution >= 0.6 is 12.4 Å². The monoisotopic (exact) mass is 389 g/mol. The van der Waals surface area contributed by atoms with Gasteiger partial charge in [0.25, 0.3) is 0 Å². The standard InChI is InChI=1S/C18H31N3O4.ClH/c1-13(2)5-8-19-17(23)14-6-10-20(11-7-14)16(22)12-21-9-3-4-15(21)18(24)25;/h13-15H,3-12H2,1-2H3,(H,19,23)(H,24,25);1H/t15-;/m0./s1. The number of carboxylic acid groups (broad SMARTS) is 1. The van der Waals surface area contributed by atoms with E-state index in [0.717, 1.165) is 12.8 Å². The van der Waals surface area contributed by atoms with Crippen molar-refractivity contribution in [1.82, 2.24) is 15.1 Å². The molecular formula is C18H32ClN3O4. The Balaban J connectivity index is 0.00000338. The second-order valence-corrected chi connectivity index (χ2v) is 7.60. The highest BCUT2D eigenvalue weighted by Gasteiger charge is 2.34. The van der Waals surface area contributed by atoms with E-state index >= 15 is 0 Å². The van der Waals surface area contributed by atoms with Crippen LogP contribution in [0.15, 0.2) is 0 Å². The Labute approximate surface area is 161 Å². The van der Waals surface area contributed by atoms with Gasteiger partial charge in [-0.2, -0.15) is 0 Å². The summed E-state index contributed by atoms with van der Waals surface area (Å²) in [6.45, 7) is 6.96. The first-order chi connectivity index (χ1) is 11.9. The van der Waals surface area contributed by atoms with Crippen LogP contribution in [0, 0.1) is 11.8 Å². The summed E-state index contributed by atoms with van der Waals surface area (Å²) < 4.78 is 0. The third-order valence-electron chi connectivity index (χ3n) is 5.23. The van der Waals surface area contributed by atoms with E-state index in [4.69, 9.17) is 0 Å². The number of halogens is 1. The van der Waals surface area contributed by atoms with E-state index in [1.54, 1.807) is 9.80 Å². The van der Waals surface area contributed by atoms with Crippen molar-refractivity contribution in [2.45, 2.75) is 52.0 Å². The van der Waals surface area contributed by atoms with Gasteiger partial charge >= 0.3 is 5.97 Å². The first-order valence-corrected chi connectivity index (χ1v) is 9.40. The van der Waals surface area contributed by atoms with E-state index in [9.17, 15) is 19.5 Å². The van der Waals surface area contributed by atoms with Crippen LogP contribution < -0.4 is 5.32 Å². The highest BCUT2D eigenvalue weighted by atomic mass is 35.5. The first kappa shape index (κ1) is 22.7. The molecule has 150 valence electrons. The molecule has 2 saturated heterocycles. The topological polar surface area (TPSA) is 90.0 Å². The van der Waals surface area contributed by atoms with Crippen LogP contribution in [0.3, 0.4) is 0 Å². The normalized spacial score (nSPS) is 21.5. The lowest BCUT2D eigenvalue weighted by Crippen LogP contribution is -2.48. The van der Waals surface area contributed by atoms with E-state index in [1.165, 1.54) is 0 Å². The molecule has 8 heteroatoms. The predicted molar refractivity (Wildman–Crippen MR) is 101 cm³/mol. The minimum atomic E-state index is -0.845. The maximum Gasteiger partial charge on any atom is 0.320 e. The molecule has 0 radical (unpaired) electrons. The van der Waals surface area contributed by atoms with Gasteiger partial charge in [0.2, 0.25) is 11.8 Å². The zero-order valence-electron chi connectivity index (χ0n) is 15.8. The van der Waals surface area contributed by atoms with Gasteiger partial charge in [-0.15, -0.1) is 12.4 Å². The molecule has 0 saturated carbocycles. The molecule has 0 bridgehead atoms. The lowest BCUT2D eigenvalue weighted by molar-refractivity contribution is -0.144. The zero-order chi connectivity index (χ0) is 18.4. The SMILES string of the molecule is CC(C)CCNC(=O)C1CCN(C(=O)CN2CCC[C@H]2C(=O)O)CC1.Cl. The minimum absolute atomic E-state index is 0. The number of carboxylic acids is 1. The van der Waals surface area contributed by atoms with Gasteiger partial charge in [0.1, 0.15) is 6.04 Å². The van der Waals surface area contributed by atoms with Crippen LogP contribution in [0.4, 0.5) is 0 Å². The minimum Gasteiger partial charge on any atom is -0.480 e. The van der Waals surface area contributed by atoms with Gasteiger partial charge in [-0.05, 0) is 44.6 Å². The van der Waals surface area contributed by atoms with Crippen molar-refractivity contribution in [1.29, 1.82) is 0 Å². The smallest absolute Gasteiger partial charge is 0.320 e. The summed E-state index contributed by atoms with van der Waals surface area (Å²) in [4.78, 5) is 39.3. The van der Waals surface area contributed by atoms with E-state index in [2.05, 4.69) is 19.2 Å². The number of carbonyl (C=O) groups excluding carboxylic acids is 2. The van der Waals surface area contributed by atoms with E-state index in [-0.39, 0.29) is 36.7 Å². The van der Waals surface area contributed by atoms with Crippen LogP contribution in [0.2, 0.25) is 0 Å². The quantitative estimate of drug-likeness (QED) is 0.686. The average Bonchev–Trinajstić information content (AvgIpc) is 3.03. The van der Waals surface area contributed by atoms with Gasteiger partial charge in [-0.1, -0.05) is 13.8 Å². The van der Waals surface area contributed by atoms with E-state index in [1.807, 2.05) is 0 Å². The number of aliphatic carboxylic acids is 1. The first-order valence-electron chi connectivity index (χ1n) is 9.40. The molecule has 2 rings (SSSR count). The number of hydrogen-bond acceptors (Lipinski definition) is 4. The molecule has 0 aromatic heterocycles. The van der Waals surface area contributed by atoms with Crippen LogP contribution in [-0.4, -0.2) is 71.5 Å². The van der Waals surface area contributed by atoms with Crippen LogP contribution in [0.25, 0.3) is 0 Å². The summed E-state index contributed by atoms with van der Waals surface area (Å²) in [7, 11) is 0. The van der Waals surface area contributed by atoms with Gasteiger partial charge < -0.3 is 15.3 Å². The van der Waals surface area contributed by atoms with Crippen molar-refractivity contribution in [3.05, 3.63) is 0 Å². The number of likely N-dealkylation sites (tertiary alicyclic amines) is 2. The molecule has 7 nitrogen and oxygen atoms in total. The second-order valence-electron chi connectivity index (χ2n) is 7.60. The molecule has 2 fully saturated rings. The number of piperidine rings is 1. The van der Waals surface area contributed by atoms with Crippen molar-refractivity contribution in [3.8, 4) is 0 Å². The molecule has 2 aliphatic rings. The Kier molecular flexibility index (Phi) is 9.36. The van der Waals surface area contributed by atoms with Crippen LogP contribution in [-0.2, 0) is 14.4 Å². The van der Waals surface area contributed by atoms with Crippen LogP contribution in [0.1, 0.15) is 46.0 Å². The van der Waals surface area contributed by atoms with Gasteiger partial charge in [0.05, 0.1) is 6.54 Å². The van der Waals surface area contributed by atoms with Crippen molar-refractivity contribution in [2.24, 2.45) is 11.8 Å². The summed E-state index contributed by atoms with van der Waals surface area (Å²) in [6.07, 6.45) is 3.77. The van der Waals surface area contributed by atoms with E-state index < -0.39 is 12.0 Å². The maximum absolute atomic E-state index is 12.4. The average molecular weight is 390 g/mol. The Morgan fingerprint density at radius 3 is 2.35 bits per heavy atom. The predicted octanol–water partition coefficient (Wildman–Crippen LogP) is 1.36. The number of amides is 2. The fraction of sp³-hybridized carbons (Fsp3) is 0.833. The van der Waals surface area contributed by atoms with Crippen LogP contribution in [0.5, 0.6) is 0 Å². The molecule has 0 aromatic rings. The lowest BCUT2D eigenvalue weighted by atomic mass is 9.95. The molecule has 0 aliphatic carbocycles. The highest BCUT2D eigenvalue weighted by Crippen LogP contribution is 2.20. The summed E-state index contributed by atoms with van der Waals surface area (Å²) in [5, 5.41) is 12.2. The summed E-state index contributed by atoms with van der Waals surface area (Å²) in [6, 6.07) is -0.534. The number of nitrogens with zero attached hydrogens (tertiary/aromatic N) is 2. The molecule has 0 aromatic carbocycles. The zero-order valence-corrected chi connectivity index (χ0v) is 16.6. The van der Waals surface area contributed by atoms with Crippen molar-refractivity contribution < 1.29 is 19.5 Å². The maximum atomic E-state index is 12.4. The summed E-state index contributed by atoms with van der Waals surface area (Å²) in [5.74, 6) is -0.220. The summed E-state index contributed by atoms with van der Waals surface area (Å²) >= 11 is 0. The highest BCUT2D eigenvalue weighted by molar-refractivity contribution is 5.85. The lowest BCUT2D eigenvalue weighted by Gasteiger charge is -2.33. The molecule has 0 spiro atoms. The Morgan fingerprint density at radius 2 is 1.77 bits per heavy atom. The van der Waals surface area contributed by atoms with Gasteiger partial charge in [0, 0.05) is 25.6 Å². The van der Waals surface area contributed by atoms with Gasteiger partial charge in [-0.3, -0.25) is 19.3 Å². The molecule has 26 heavy (non-hydrogen) atoms. The largest absolute Gasteiger partial charge is 0.480 e. The molecule has 1 atom stereocenters. The van der Waals surface area contributed by atoms with Crippen molar-refractivity contribution >= 4 is 30.2 Å². The van der Waals surface area contributed by atoms with Gasteiger partial charge in [-0.25, -0.2) is 0 Å². The number of rotatable bonds is 7. The number of hydrogen-bond donors (Lipinski definition) is 2. The third-order valence-corrected chi connectivity index (χ3v) is 5.23. The van der Waals surface area contributed by atoms with Gasteiger partial charge in [0.15, 0.2) is 0 Å². The Morgan fingerprint density at radius 1 is 1.12 bits per heavy atom. The van der Waals surface area contributed by atoms with E-state index in [0.29, 0.717) is 51.4 Å². The number of carbonyl (C=O) groups is 3.